The summed E-state index contributed by atoms with van der Waals surface area (Å²) in [6.07, 6.45) is 1.30. The highest BCUT2D eigenvalue weighted by Gasteiger charge is 2.49. The van der Waals surface area contributed by atoms with Crippen molar-refractivity contribution < 1.29 is 23.5 Å². The van der Waals surface area contributed by atoms with Crippen molar-refractivity contribution in [2.75, 3.05) is 7.11 Å². The standard InChI is InChI=1S/C11H13N3O5/c1-6-12-7(5-19-6)11(4-3-8(15)18-2)9(16)13-10(17)14-11/h5H,3-4H2,1-2H3,(H2,13,14,16,17). The molecule has 102 valence electrons. The molecule has 1 aliphatic rings. The first kappa shape index (κ1) is 13.1. The van der Waals surface area contributed by atoms with E-state index in [1.54, 1.807) is 6.92 Å². The number of hydrogen-bond acceptors (Lipinski definition) is 6. The van der Waals surface area contributed by atoms with Crippen LogP contribution in [0.5, 0.6) is 0 Å². The Morgan fingerprint density at radius 3 is 2.74 bits per heavy atom. The number of carbonyl (C=O) groups is 3. The van der Waals surface area contributed by atoms with Crippen LogP contribution in [0.4, 0.5) is 4.79 Å². The Balaban J connectivity index is 2.31. The van der Waals surface area contributed by atoms with E-state index < -0.39 is 23.4 Å². The van der Waals surface area contributed by atoms with Crippen molar-refractivity contribution in [3.8, 4) is 0 Å². The van der Waals surface area contributed by atoms with Crippen LogP contribution in [0.25, 0.3) is 0 Å². The molecule has 1 saturated heterocycles. The number of nitrogens with zero attached hydrogens (tertiary/aromatic N) is 1. The number of aromatic nitrogens is 1. The summed E-state index contributed by atoms with van der Waals surface area (Å²) in [5.41, 5.74) is -1.12. The van der Waals surface area contributed by atoms with Crippen LogP contribution < -0.4 is 10.6 Å². The summed E-state index contributed by atoms with van der Waals surface area (Å²) < 4.78 is 9.59. The number of esters is 1. The van der Waals surface area contributed by atoms with Crippen LogP contribution >= 0.6 is 0 Å². The van der Waals surface area contributed by atoms with Gasteiger partial charge >= 0.3 is 12.0 Å². The zero-order valence-electron chi connectivity index (χ0n) is 10.5. The second kappa shape index (κ2) is 4.71. The molecule has 8 nitrogen and oxygen atoms in total. The van der Waals surface area contributed by atoms with E-state index in [0.29, 0.717) is 5.89 Å². The van der Waals surface area contributed by atoms with Crippen LogP contribution in [0.1, 0.15) is 24.4 Å². The largest absolute Gasteiger partial charge is 0.469 e. The van der Waals surface area contributed by atoms with Gasteiger partial charge in [0.2, 0.25) is 0 Å². The molecule has 1 aromatic rings. The summed E-state index contributed by atoms with van der Waals surface area (Å²) in [6, 6.07) is -0.629. The van der Waals surface area contributed by atoms with Gasteiger partial charge < -0.3 is 14.5 Å². The van der Waals surface area contributed by atoms with Crippen molar-refractivity contribution in [2.24, 2.45) is 0 Å². The number of rotatable bonds is 4. The maximum atomic E-state index is 12.0. The molecule has 0 saturated carbocycles. The molecular formula is C11H13N3O5. The average molecular weight is 267 g/mol. The third kappa shape index (κ3) is 2.28. The van der Waals surface area contributed by atoms with Crippen LogP contribution in [0, 0.1) is 6.92 Å². The van der Waals surface area contributed by atoms with Gasteiger partial charge in [-0.05, 0) is 6.42 Å². The van der Waals surface area contributed by atoms with E-state index in [-0.39, 0.29) is 18.5 Å². The minimum atomic E-state index is -1.39. The van der Waals surface area contributed by atoms with Gasteiger partial charge in [0, 0.05) is 13.3 Å². The van der Waals surface area contributed by atoms with Crippen molar-refractivity contribution in [3.63, 3.8) is 0 Å². The van der Waals surface area contributed by atoms with Gasteiger partial charge in [0.05, 0.1) is 7.11 Å². The molecule has 1 aromatic heterocycles. The fraction of sp³-hybridized carbons (Fsp3) is 0.455. The molecule has 2 N–H and O–H groups in total. The first-order valence-electron chi connectivity index (χ1n) is 5.61. The maximum absolute atomic E-state index is 12.0. The normalized spacial score (nSPS) is 22.0. The number of oxazole rings is 1. The topological polar surface area (TPSA) is 111 Å². The highest BCUT2D eigenvalue weighted by atomic mass is 16.5. The molecule has 0 aliphatic carbocycles. The Bertz CT molecular complexity index is 538. The number of amides is 3. The summed E-state index contributed by atoms with van der Waals surface area (Å²) in [5, 5.41) is 4.63. The molecule has 8 heteroatoms. The summed E-state index contributed by atoms with van der Waals surface area (Å²) in [5.74, 6) is -0.676. The lowest BCUT2D eigenvalue weighted by Crippen LogP contribution is -2.44. The van der Waals surface area contributed by atoms with Crippen molar-refractivity contribution in [1.82, 2.24) is 15.6 Å². The molecule has 19 heavy (non-hydrogen) atoms. The van der Waals surface area contributed by atoms with E-state index in [2.05, 4.69) is 20.4 Å². The van der Waals surface area contributed by atoms with Crippen molar-refractivity contribution >= 4 is 17.9 Å². The summed E-state index contributed by atoms with van der Waals surface area (Å²) in [6.45, 7) is 1.62. The summed E-state index contributed by atoms with van der Waals surface area (Å²) in [4.78, 5) is 38.6. The molecule has 0 radical (unpaired) electrons. The van der Waals surface area contributed by atoms with E-state index in [9.17, 15) is 14.4 Å². The summed E-state index contributed by atoms with van der Waals surface area (Å²) >= 11 is 0. The Labute approximate surface area is 108 Å². The third-order valence-electron chi connectivity index (χ3n) is 2.93. The fourth-order valence-electron chi connectivity index (χ4n) is 1.93. The van der Waals surface area contributed by atoms with Gasteiger partial charge in [0.25, 0.3) is 5.91 Å². The lowest BCUT2D eigenvalue weighted by molar-refractivity contribution is -0.141. The van der Waals surface area contributed by atoms with E-state index in [1.165, 1.54) is 13.4 Å². The van der Waals surface area contributed by atoms with Crippen LogP contribution in [-0.4, -0.2) is 30.0 Å². The molecule has 3 amide bonds. The number of urea groups is 1. The molecule has 1 atom stereocenters. The van der Waals surface area contributed by atoms with Gasteiger partial charge in [0.15, 0.2) is 11.4 Å². The zero-order valence-corrected chi connectivity index (χ0v) is 10.5. The Morgan fingerprint density at radius 2 is 2.26 bits per heavy atom. The molecule has 1 fully saturated rings. The predicted octanol–water partition coefficient (Wildman–Crippen LogP) is -0.0291. The number of aryl methyl sites for hydroxylation is 1. The number of nitrogens with one attached hydrogen (secondary N) is 2. The van der Waals surface area contributed by atoms with Crippen LogP contribution in [-0.2, 0) is 19.9 Å². The Kier molecular flexibility index (Phi) is 3.24. The third-order valence-corrected chi connectivity index (χ3v) is 2.93. The maximum Gasteiger partial charge on any atom is 0.322 e. The molecule has 0 aromatic carbocycles. The molecule has 0 spiro atoms. The van der Waals surface area contributed by atoms with Crippen LogP contribution in [0.15, 0.2) is 10.7 Å². The van der Waals surface area contributed by atoms with Gasteiger partial charge in [-0.2, -0.15) is 0 Å². The van der Waals surface area contributed by atoms with Crippen molar-refractivity contribution in [3.05, 3.63) is 17.8 Å². The molecule has 1 unspecified atom stereocenters. The Hall–Kier alpha value is -2.38. The van der Waals surface area contributed by atoms with E-state index >= 15 is 0 Å². The average Bonchev–Trinajstić information content (AvgIpc) is 2.91. The number of hydrogen-bond donors (Lipinski definition) is 2. The minimum absolute atomic E-state index is 0.0316. The minimum Gasteiger partial charge on any atom is -0.469 e. The van der Waals surface area contributed by atoms with Gasteiger partial charge in [-0.25, -0.2) is 9.78 Å². The predicted molar refractivity (Wildman–Crippen MR) is 60.8 cm³/mol. The Morgan fingerprint density at radius 1 is 1.53 bits per heavy atom. The van der Waals surface area contributed by atoms with Gasteiger partial charge in [-0.15, -0.1) is 0 Å². The van der Waals surface area contributed by atoms with Crippen molar-refractivity contribution in [2.45, 2.75) is 25.3 Å². The van der Waals surface area contributed by atoms with E-state index in [1.807, 2.05) is 0 Å². The summed E-state index contributed by atoms with van der Waals surface area (Å²) in [7, 11) is 1.25. The zero-order chi connectivity index (χ0) is 14.0. The molecule has 2 heterocycles. The van der Waals surface area contributed by atoms with Crippen molar-refractivity contribution in [1.29, 1.82) is 0 Å². The highest BCUT2D eigenvalue weighted by molar-refractivity contribution is 6.07. The quantitative estimate of drug-likeness (QED) is 0.585. The number of ether oxygens (including phenoxy) is 1. The van der Waals surface area contributed by atoms with Gasteiger partial charge in [-0.1, -0.05) is 0 Å². The fourth-order valence-corrected chi connectivity index (χ4v) is 1.93. The van der Waals surface area contributed by atoms with E-state index in [4.69, 9.17) is 4.42 Å². The van der Waals surface area contributed by atoms with Gasteiger partial charge in [-0.3, -0.25) is 14.9 Å². The highest BCUT2D eigenvalue weighted by Crippen LogP contribution is 2.29. The molecule has 1 aliphatic heterocycles. The lowest BCUT2D eigenvalue weighted by atomic mass is 9.90. The van der Waals surface area contributed by atoms with Gasteiger partial charge in [0.1, 0.15) is 12.0 Å². The smallest absolute Gasteiger partial charge is 0.322 e. The monoisotopic (exact) mass is 267 g/mol. The SMILES string of the molecule is COC(=O)CCC1(c2coc(C)n2)NC(=O)NC1=O. The molecule has 2 rings (SSSR count). The van der Waals surface area contributed by atoms with E-state index in [0.717, 1.165) is 0 Å². The van der Waals surface area contributed by atoms with Crippen LogP contribution in [0.2, 0.25) is 0 Å². The number of imide groups is 1. The second-order valence-corrected chi connectivity index (χ2v) is 4.14. The number of methoxy groups -OCH3 is 1. The lowest BCUT2D eigenvalue weighted by Gasteiger charge is -2.22. The number of carbonyl (C=O) groups excluding carboxylic acids is 3. The van der Waals surface area contributed by atoms with Crippen LogP contribution in [0.3, 0.4) is 0 Å². The molecule has 0 bridgehead atoms. The molecular weight excluding hydrogens is 254 g/mol. The second-order valence-electron chi connectivity index (χ2n) is 4.14. The first-order chi connectivity index (χ1) is 8.98. The first-order valence-corrected chi connectivity index (χ1v) is 5.61.